The quantitative estimate of drug-likeness (QED) is 0.571. The van der Waals surface area contributed by atoms with Crippen LogP contribution in [0.3, 0.4) is 0 Å². The Bertz CT molecular complexity index is 66.3. The van der Waals surface area contributed by atoms with Crippen molar-refractivity contribution in [2.45, 2.75) is 32.8 Å². The molecule has 62 valence electrons. The van der Waals surface area contributed by atoms with Crippen molar-refractivity contribution in [3.8, 4) is 0 Å². The van der Waals surface area contributed by atoms with E-state index in [1.54, 1.807) is 0 Å². The SMILES string of the molecule is CCOC(C)CCCNC. The van der Waals surface area contributed by atoms with Gasteiger partial charge in [0.15, 0.2) is 0 Å². The Balaban J connectivity index is 2.97. The summed E-state index contributed by atoms with van der Waals surface area (Å²) >= 11 is 0. The van der Waals surface area contributed by atoms with Crippen molar-refractivity contribution in [3.05, 3.63) is 0 Å². The van der Waals surface area contributed by atoms with Gasteiger partial charge in [-0.25, -0.2) is 0 Å². The Morgan fingerprint density at radius 1 is 1.50 bits per heavy atom. The molecule has 2 heteroatoms. The molecule has 0 aromatic rings. The minimum absolute atomic E-state index is 0.429. The first kappa shape index (κ1) is 9.92. The summed E-state index contributed by atoms with van der Waals surface area (Å²) in [4.78, 5) is 0. The van der Waals surface area contributed by atoms with Crippen LogP contribution in [0.2, 0.25) is 0 Å². The fourth-order valence-corrected chi connectivity index (χ4v) is 0.934. The predicted octanol–water partition coefficient (Wildman–Crippen LogP) is 1.41. The summed E-state index contributed by atoms with van der Waals surface area (Å²) in [6.45, 7) is 6.09. The third-order valence-corrected chi connectivity index (χ3v) is 1.49. The third-order valence-electron chi connectivity index (χ3n) is 1.49. The number of hydrogen-bond donors (Lipinski definition) is 1. The van der Waals surface area contributed by atoms with Gasteiger partial charge in [0.1, 0.15) is 0 Å². The lowest BCUT2D eigenvalue weighted by atomic mass is 10.2. The van der Waals surface area contributed by atoms with E-state index in [4.69, 9.17) is 4.74 Å². The highest BCUT2D eigenvalue weighted by molar-refractivity contribution is 4.51. The molecule has 0 spiro atoms. The number of nitrogens with one attached hydrogen (secondary N) is 1. The number of ether oxygens (including phenoxy) is 1. The average molecular weight is 145 g/mol. The predicted molar refractivity (Wildman–Crippen MR) is 44.2 cm³/mol. The van der Waals surface area contributed by atoms with Crippen LogP contribution in [-0.2, 0) is 4.74 Å². The highest BCUT2D eigenvalue weighted by Gasteiger charge is 1.98. The summed E-state index contributed by atoms with van der Waals surface area (Å²) in [5.74, 6) is 0. The molecular weight excluding hydrogens is 126 g/mol. The minimum Gasteiger partial charge on any atom is -0.379 e. The molecule has 0 aliphatic carbocycles. The Morgan fingerprint density at radius 2 is 2.20 bits per heavy atom. The van der Waals surface area contributed by atoms with E-state index in [9.17, 15) is 0 Å². The molecule has 0 heterocycles. The fourth-order valence-electron chi connectivity index (χ4n) is 0.934. The monoisotopic (exact) mass is 145 g/mol. The van der Waals surface area contributed by atoms with Crippen molar-refractivity contribution in [3.63, 3.8) is 0 Å². The van der Waals surface area contributed by atoms with Gasteiger partial charge in [-0.3, -0.25) is 0 Å². The van der Waals surface area contributed by atoms with Gasteiger partial charge in [-0.05, 0) is 40.3 Å². The molecule has 0 radical (unpaired) electrons. The molecule has 10 heavy (non-hydrogen) atoms. The van der Waals surface area contributed by atoms with Gasteiger partial charge in [0.2, 0.25) is 0 Å². The number of rotatable bonds is 6. The zero-order valence-electron chi connectivity index (χ0n) is 7.31. The summed E-state index contributed by atoms with van der Waals surface area (Å²) in [7, 11) is 1.98. The smallest absolute Gasteiger partial charge is 0.0547 e. The summed E-state index contributed by atoms with van der Waals surface area (Å²) in [5, 5.41) is 3.11. The van der Waals surface area contributed by atoms with Crippen molar-refractivity contribution in [1.29, 1.82) is 0 Å². The first-order valence-corrected chi connectivity index (χ1v) is 4.07. The first-order chi connectivity index (χ1) is 4.81. The van der Waals surface area contributed by atoms with Crippen LogP contribution in [0.4, 0.5) is 0 Å². The molecule has 0 saturated heterocycles. The van der Waals surface area contributed by atoms with E-state index in [1.807, 2.05) is 14.0 Å². The van der Waals surface area contributed by atoms with Gasteiger partial charge in [-0.1, -0.05) is 0 Å². The molecule has 0 aliphatic heterocycles. The van der Waals surface area contributed by atoms with Gasteiger partial charge in [-0.15, -0.1) is 0 Å². The molecule has 1 N–H and O–H groups in total. The number of hydrogen-bond acceptors (Lipinski definition) is 2. The van der Waals surface area contributed by atoms with Crippen molar-refractivity contribution in [1.82, 2.24) is 5.32 Å². The first-order valence-electron chi connectivity index (χ1n) is 4.07. The van der Waals surface area contributed by atoms with Crippen LogP contribution >= 0.6 is 0 Å². The maximum absolute atomic E-state index is 5.36. The van der Waals surface area contributed by atoms with Crippen LogP contribution in [0.5, 0.6) is 0 Å². The van der Waals surface area contributed by atoms with E-state index in [1.165, 1.54) is 6.42 Å². The van der Waals surface area contributed by atoms with Crippen LogP contribution < -0.4 is 5.32 Å². The average Bonchev–Trinajstić information content (AvgIpc) is 1.89. The van der Waals surface area contributed by atoms with Crippen LogP contribution in [0.25, 0.3) is 0 Å². The van der Waals surface area contributed by atoms with Crippen LogP contribution in [0.15, 0.2) is 0 Å². The second kappa shape index (κ2) is 7.03. The highest BCUT2D eigenvalue weighted by atomic mass is 16.5. The van der Waals surface area contributed by atoms with Crippen molar-refractivity contribution >= 4 is 0 Å². The van der Waals surface area contributed by atoms with E-state index in [2.05, 4.69) is 12.2 Å². The molecule has 0 bridgehead atoms. The Kier molecular flexibility index (Phi) is 6.98. The molecule has 2 nitrogen and oxygen atoms in total. The molecule has 0 fully saturated rings. The second-order valence-electron chi connectivity index (χ2n) is 2.51. The maximum atomic E-state index is 5.36. The summed E-state index contributed by atoms with van der Waals surface area (Å²) in [5.41, 5.74) is 0. The fraction of sp³-hybridized carbons (Fsp3) is 1.00. The highest BCUT2D eigenvalue weighted by Crippen LogP contribution is 1.99. The van der Waals surface area contributed by atoms with Gasteiger partial charge in [0.25, 0.3) is 0 Å². The molecule has 0 saturated carbocycles. The van der Waals surface area contributed by atoms with Crippen LogP contribution in [-0.4, -0.2) is 26.3 Å². The molecule has 0 aliphatic rings. The molecule has 1 atom stereocenters. The summed E-state index contributed by atoms with van der Waals surface area (Å²) in [6.07, 6.45) is 2.80. The lowest BCUT2D eigenvalue weighted by Gasteiger charge is -2.10. The van der Waals surface area contributed by atoms with E-state index in [0.717, 1.165) is 19.6 Å². The van der Waals surface area contributed by atoms with Crippen LogP contribution in [0, 0.1) is 0 Å². The van der Waals surface area contributed by atoms with Crippen molar-refractivity contribution in [2.75, 3.05) is 20.2 Å². The normalized spacial score (nSPS) is 13.5. The maximum Gasteiger partial charge on any atom is 0.0547 e. The van der Waals surface area contributed by atoms with Gasteiger partial charge >= 0.3 is 0 Å². The van der Waals surface area contributed by atoms with Gasteiger partial charge in [0, 0.05) is 6.61 Å². The van der Waals surface area contributed by atoms with Crippen LogP contribution in [0.1, 0.15) is 26.7 Å². The Labute approximate surface area is 64.0 Å². The minimum atomic E-state index is 0.429. The molecular formula is C8H19NO. The van der Waals surface area contributed by atoms with Gasteiger partial charge in [-0.2, -0.15) is 0 Å². The topological polar surface area (TPSA) is 21.3 Å². The molecule has 0 rings (SSSR count). The zero-order valence-corrected chi connectivity index (χ0v) is 7.31. The molecule has 1 unspecified atom stereocenters. The molecule has 0 amide bonds. The van der Waals surface area contributed by atoms with Gasteiger partial charge < -0.3 is 10.1 Å². The summed E-state index contributed by atoms with van der Waals surface area (Å²) in [6, 6.07) is 0. The van der Waals surface area contributed by atoms with E-state index in [-0.39, 0.29) is 0 Å². The Hall–Kier alpha value is -0.0800. The van der Waals surface area contributed by atoms with Crippen molar-refractivity contribution in [2.24, 2.45) is 0 Å². The molecule has 0 aromatic carbocycles. The van der Waals surface area contributed by atoms with Gasteiger partial charge in [0.05, 0.1) is 6.10 Å². The summed E-state index contributed by atoms with van der Waals surface area (Å²) < 4.78 is 5.36. The lowest BCUT2D eigenvalue weighted by molar-refractivity contribution is 0.0690. The van der Waals surface area contributed by atoms with Crippen molar-refractivity contribution < 1.29 is 4.74 Å². The Morgan fingerprint density at radius 3 is 2.70 bits per heavy atom. The van der Waals surface area contributed by atoms with E-state index >= 15 is 0 Å². The lowest BCUT2D eigenvalue weighted by Crippen LogP contribution is -2.13. The van der Waals surface area contributed by atoms with E-state index < -0.39 is 0 Å². The van der Waals surface area contributed by atoms with E-state index in [0.29, 0.717) is 6.10 Å². The largest absolute Gasteiger partial charge is 0.379 e. The standard InChI is InChI=1S/C8H19NO/c1-4-10-8(2)6-5-7-9-3/h8-9H,4-7H2,1-3H3. The second-order valence-corrected chi connectivity index (χ2v) is 2.51. The third kappa shape index (κ3) is 6.05. The zero-order chi connectivity index (χ0) is 7.82. The molecule has 0 aromatic heterocycles.